The van der Waals surface area contributed by atoms with Crippen LogP contribution in [-0.2, 0) is 0 Å². The van der Waals surface area contributed by atoms with Gasteiger partial charge in [0.15, 0.2) is 0 Å². The molecule has 3 heterocycles. The van der Waals surface area contributed by atoms with Crippen LogP contribution in [0.15, 0.2) is 24.5 Å². The molecule has 2 aromatic heterocycles. The van der Waals surface area contributed by atoms with Crippen LogP contribution in [0.25, 0.3) is 11.0 Å². The number of methoxy groups -OCH3 is 1. The van der Waals surface area contributed by atoms with Gasteiger partial charge in [0.2, 0.25) is 5.95 Å². The molecule has 4 rings (SSSR count). The molecule has 1 saturated heterocycles. The zero-order chi connectivity index (χ0) is 15.8. The summed E-state index contributed by atoms with van der Waals surface area (Å²) < 4.78 is 5.27. The summed E-state index contributed by atoms with van der Waals surface area (Å²) in [6, 6.07) is 5.94. The highest BCUT2D eigenvalue weighted by atomic mass is 16.5. The molecular weight excluding hydrogens is 290 g/mol. The summed E-state index contributed by atoms with van der Waals surface area (Å²) in [4.78, 5) is 18.1. The fraction of sp³-hybridized carbons (Fsp3) is 0.412. The normalized spacial score (nSPS) is 16.2. The molecule has 0 atom stereocenters. The molecule has 6 heteroatoms. The molecule has 0 aliphatic carbocycles. The number of nitrogens with zero attached hydrogens (tertiary/aromatic N) is 3. The van der Waals surface area contributed by atoms with Crippen LogP contribution in [0.3, 0.4) is 0 Å². The Kier molecular flexibility index (Phi) is 3.44. The topological polar surface area (TPSA) is 69.8 Å². The lowest BCUT2D eigenvalue weighted by Gasteiger charge is -2.31. The second-order valence-electron chi connectivity index (χ2n) is 6.12. The van der Waals surface area contributed by atoms with Gasteiger partial charge in [0.1, 0.15) is 5.75 Å². The molecule has 2 N–H and O–H groups in total. The second-order valence-corrected chi connectivity index (χ2v) is 6.12. The smallest absolute Gasteiger partial charge is 0.203 e. The molecule has 1 aliphatic rings. The van der Waals surface area contributed by atoms with Gasteiger partial charge in [-0.15, -0.1) is 0 Å². The van der Waals surface area contributed by atoms with E-state index in [1.165, 1.54) is 11.4 Å². The zero-order valence-electron chi connectivity index (χ0n) is 13.5. The number of aryl methyl sites for hydroxylation is 1. The maximum Gasteiger partial charge on any atom is 0.203 e. The molecule has 120 valence electrons. The maximum atomic E-state index is 5.27. The van der Waals surface area contributed by atoms with E-state index in [9.17, 15) is 0 Å². The first-order chi connectivity index (χ1) is 11.2. The molecule has 0 saturated carbocycles. The number of aromatic nitrogens is 4. The number of piperidine rings is 1. The fourth-order valence-electron chi connectivity index (χ4n) is 3.39. The molecule has 0 radical (unpaired) electrons. The van der Waals surface area contributed by atoms with Crippen LogP contribution in [-0.4, -0.2) is 40.1 Å². The van der Waals surface area contributed by atoms with E-state index >= 15 is 0 Å². The van der Waals surface area contributed by atoms with Gasteiger partial charge in [-0.2, -0.15) is 0 Å². The summed E-state index contributed by atoms with van der Waals surface area (Å²) in [5, 5.41) is 0. The first-order valence-corrected chi connectivity index (χ1v) is 8.03. The lowest BCUT2D eigenvalue weighted by molar-refractivity contribution is 0.415. The molecule has 0 spiro atoms. The minimum atomic E-state index is 0.543. The lowest BCUT2D eigenvalue weighted by Crippen LogP contribution is -2.33. The van der Waals surface area contributed by atoms with Crippen LogP contribution >= 0.6 is 0 Å². The van der Waals surface area contributed by atoms with Gasteiger partial charge in [-0.1, -0.05) is 0 Å². The minimum absolute atomic E-state index is 0.543. The first kappa shape index (κ1) is 14.1. The van der Waals surface area contributed by atoms with Gasteiger partial charge in [-0.05, 0) is 31.9 Å². The van der Waals surface area contributed by atoms with E-state index in [1.807, 2.05) is 18.2 Å². The number of aromatic amines is 2. The Morgan fingerprint density at radius 1 is 1.26 bits per heavy atom. The van der Waals surface area contributed by atoms with E-state index in [4.69, 9.17) is 9.72 Å². The van der Waals surface area contributed by atoms with Gasteiger partial charge < -0.3 is 19.6 Å². The summed E-state index contributed by atoms with van der Waals surface area (Å²) in [5.41, 5.74) is 4.41. The van der Waals surface area contributed by atoms with E-state index in [1.54, 1.807) is 13.4 Å². The predicted molar refractivity (Wildman–Crippen MR) is 90.2 cm³/mol. The highest BCUT2D eigenvalue weighted by molar-refractivity contribution is 5.79. The van der Waals surface area contributed by atoms with Crippen LogP contribution in [0.4, 0.5) is 5.95 Å². The number of hydrogen-bond acceptors (Lipinski definition) is 4. The van der Waals surface area contributed by atoms with E-state index in [0.29, 0.717) is 5.92 Å². The number of benzene rings is 1. The highest BCUT2D eigenvalue weighted by Gasteiger charge is 2.24. The summed E-state index contributed by atoms with van der Waals surface area (Å²) in [7, 11) is 1.68. The Morgan fingerprint density at radius 2 is 2.09 bits per heavy atom. The second kappa shape index (κ2) is 5.61. The van der Waals surface area contributed by atoms with Crippen LogP contribution in [0.5, 0.6) is 5.75 Å². The molecule has 23 heavy (non-hydrogen) atoms. The molecule has 0 amide bonds. The van der Waals surface area contributed by atoms with Gasteiger partial charge in [-0.3, -0.25) is 0 Å². The molecule has 1 fully saturated rings. The van der Waals surface area contributed by atoms with Gasteiger partial charge >= 0.3 is 0 Å². The number of rotatable bonds is 3. The Labute approximate surface area is 134 Å². The van der Waals surface area contributed by atoms with Gasteiger partial charge in [0, 0.05) is 30.8 Å². The standard InChI is InChI=1S/C17H21N5O/c1-11-16(19-10-18-11)12-5-7-22(8-6-12)17-20-14-4-3-13(23-2)9-15(14)21-17/h3-4,9-10,12H,5-8H2,1-2H3,(H,18,19)(H,20,21). The number of hydrogen-bond donors (Lipinski definition) is 2. The molecule has 0 unspecified atom stereocenters. The molecule has 6 nitrogen and oxygen atoms in total. The van der Waals surface area contributed by atoms with Crippen LogP contribution < -0.4 is 9.64 Å². The third kappa shape index (κ3) is 2.54. The van der Waals surface area contributed by atoms with E-state index in [-0.39, 0.29) is 0 Å². The Bertz CT molecular complexity index is 813. The average molecular weight is 311 g/mol. The van der Waals surface area contributed by atoms with Crippen molar-refractivity contribution >= 4 is 17.0 Å². The predicted octanol–water partition coefficient (Wildman–Crippen LogP) is 2.99. The van der Waals surface area contributed by atoms with Crippen molar-refractivity contribution in [1.82, 2.24) is 19.9 Å². The largest absolute Gasteiger partial charge is 0.497 e. The third-order valence-electron chi connectivity index (χ3n) is 4.73. The number of ether oxygens (including phenoxy) is 1. The number of H-pyrrole nitrogens is 2. The van der Waals surface area contributed by atoms with Crippen molar-refractivity contribution in [2.75, 3.05) is 25.1 Å². The maximum absolute atomic E-state index is 5.27. The van der Waals surface area contributed by atoms with Crippen molar-refractivity contribution in [3.8, 4) is 5.75 Å². The summed E-state index contributed by atoms with van der Waals surface area (Å²) in [6.07, 6.45) is 4.00. The van der Waals surface area contributed by atoms with Crippen molar-refractivity contribution in [2.45, 2.75) is 25.7 Å². The number of fused-ring (bicyclic) bond motifs is 1. The fourth-order valence-corrected chi connectivity index (χ4v) is 3.39. The summed E-state index contributed by atoms with van der Waals surface area (Å²) in [6.45, 7) is 4.09. The van der Waals surface area contributed by atoms with Gasteiger partial charge in [0.25, 0.3) is 0 Å². The van der Waals surface area contributed by atoms with Crippen molar-refractivity contribution < 1.29 is 4.74 Å². The van der Waals surface area contributed by atoms with E-state index in [2.05, 4.69) is 26.8 Å². The quantitative estimate of drug-likeness (QED) is 0.780. The van der Waals surface area contributed by atoms with Crippen molar-refractivity contribution in [3.05, 3.63) is 35.9 Å². The monoisotopic (exact) mass is 311 g/mol. The van der Waals surface area contributed by atoms with Crippen LogP contribution in [0.1, 0.15) is 30.1 Å². The lowest BCUT2D eigenvalue weighted by atomic mass is 9.93. The summed E-state index contributed by atoms with van der Waals surface area (Å²) >= 11 is 0. The average Bonchev–Trinajstić information content (AvgIpc) is 3.20. The first-order valence-electron chi connectivity index (χ1n) is 8.03. The Morgan fingerprint density at radius 3 is 2.78 bits per heavy atom. The van der Waals surface area contributed by atoms with Gasteiger partial charge in [0.05, 0.1) is 30.2 Å². The number of imidazole rings is 2. The van der Waals surface area contributed by atoms with Crippen LogP contribution in [0, 0.1) is 6.92 Å². The summed E-state index contributed by atoms with van der Waals surface area (Å²) in [5.74, 6) is 2.33. The third-order valence-corrected chi connectivity index (χ3v) is 4.73. The SMILES string of the molecule is COc1ccc2[nH]c(N3CCC(c4nc[nH]c4C)CC3)nc2c1. The van der Waals surface area contributed by atoms with Crippen molar-refractivity contribution in [1.29, 1.82) is 0 Å². The van der Waals surface area contributed by atoms with E-state index < -0.39 is 0 Å². The number of nitrogens with one attached hydrogen (secondary N) is 2. The zero-order valence-corrected chi connectivity index (χ0v) is 13.5. The Hall–Kier alpha value is -2.50. The van der Waals surface area contributed by atoms with Crippen molar-refractivity contribution in [2.24, 2.45) is 0 Å². The molecule has 1 aliphatic heterocycles. The minimum Gasteiger partial charge on any atom is -0.497 e. The number of anilines is 1. The highest BCUT2D eigenvalue weighted by Crippen LogP contribution is 2.30. The molecule has 1 aromatic carbocycles. The molecule has 3 aromatic rings. The van der Waals surface area contributed by atoms with Gasteiger partial charge in [-0.25, -0.2) is 9.97 Å². The molecular formula is C17H21N5O. The Balaban J connectivity index is 1.51. The van der Waals surface area contributed by atoms with E-state index in [0.717, 1.165) is 48.7 Å². The van der Waals surface area contributed by atoms with Crippen molar-refractivity contribution in [3.63, 3.8) is 0 Å². The van der Waals surface area contributed by atoms with Crippen LogP contribution in [0.2, 0.25) is 0 Å². The molecule has 0 bridgehead atoms.